The van der Waals surface area contributed by atoms with Gasteiger partial charge < -0.3 is 13.7 Å². The van der Waals surface area contributed by atoms with E-state index in [1.807, 2.05) is 18.4 Å². The molecule has 0 aliphatic carbocycles. The smallest absolute Gasteiger partial charge is 0.387 e. The summed E-state index contributed by atoms with van der Waals surface area (Å²) >= 11 is 0. The van der Waals surface area contributed by atoms with E-state index in [2.05, 4.69) is 14.7 Å². The normalized spacial score (nSPS) is 11.8. The number of nitrogens with zero attached hydrogens (tertiary/aromatic N) is 3. The van der Waals surface area contributed by atoms with Crippen LogP contribution in [-0.4, -0.2) is 35.8 Å². The van der Waals surface area contributed by atoms with Crippen LogP contribution in [0.2, 0.25) is 0 Å². The Morgan fingerprint density at radius 1 is 0.902 bits per heavy atom. The Bertz CT molecular complexity index is 1880. The van der Waals surface area contributed by atoms with Gasteiger partial charge in [-0.15, -0.1) is 0 Å². The zero-order chi connectivity index (χ0) is 29.6. The average Bonchev–Trinajstić information content (AvgIpc) is 3.46. The first-order valence-electron chi connectivity index (χ1n) is 12.2. The second kappa shape index (κ2) is 10.5. The third-order valence-electron chi connectivity index (χ3n) is 6.31. The number of aromatic nitrogens is 3. The molecule has 0 aliphatic rings. The van der Waals surface area contributed by atoms with Gasteiger partial charge in [0.15, 0.2) is 38.9 Å². The molecule has 0 spiro atoms. The molecule has 2 heterocycles. The van der Waals surface area contributed by atoms with Crippen molar-refractivity contribution in [1.29, 1.82) is 0 Å². The minimum Gasteiger partial charge on any atom is -0.440 e. The number of rotatable bonds is 7. The summed E-state index contributed by atoms with van der Waals surface area (Å²) in [5.74, 6) is -3.07. The third-order valence-corrected chi connectivity index (χ3v) is 7.42. The van der Waals surface area contributed by atoms with Gasteiger partial charge in [-0.1, -0.05) is 18.2 Å². The van der Waals surface area contributed by atoms with E-state index in [4.69, 9.17) is 4.42 Å². The van der Waals surface area contributed by atoms with Crippen molar-refractivity contribution in [1.82, 2.24) is 14.5 Å². The van der Waals surface area contributed by atoms with Crippen molar-refractivity contribution in [2.75, 3.05) is 6.26 Å². The van der Waals surface area contributed by atoms with Crippen LogP contribution in [0.1, 0.15) is 17.4 Å². The van der Waals surface area contributed by atoms with Crippen molar-refractivity contribution in [2.45, 2.75) is 32.3 Å². The van der Waals surface area contributed by atoms with E-state index in [1.165, 1.54) is 6.07 Å². The molecular formula is C29H23F4N3O4S. The monoisotopic (exact) mass is 585 g/mol. The van der Waals surface area contributed by atoms with Gasteiger partial charge in [0.05, 0.1) is 16.3 Å². The highest BCUT2D eigenvalue weighted by molar-refractivity contribution is 7.90. The number of halogens is 4. The lowest BCUT2D eigenvalue weighted by molar-refractivity contribution is -0.0546. The van der Waals surface area contributed by atoms with E-state index in [1.54, 1.807) is 49.5 Å². The number of hydrogen-bond donors (Lipinski definition) is 0. The van der Waals surface area contributed by atoms with Gasteiger partial charge in [-0.25, -0.2) is 27.2 Å². The van der Waals surface area contributed by atoms with Crippen LogP contribution in [0, 0.1) is 32.4 Å². The molecule has 3 aromatic carbocycles. The van der Waals surface area contributed by atoms with Gasteiger partial charge in [0.2, 0.25) is 0 Å². The lowest BCUT2D eigenvalue weighted by atomic mass is 9.98. The van der Waals surface area contributed by atoms with Crippen molar-refractivity contribution < 1.29 is 35.1 Å². The third kappa shape index (κ3) is 5.60. The van der Waals surface area contributed by atoms with Gasteiger partial charge in [0.1, 0.15) is 11.5 Å². The number of alkyl halides is 2. The molecule has 5 aromatic rings. The van der Waals surface area contributed by atoms with E-state index >= 15 is 0 Å². The molecule has 0 atom stereocenters. The lowest BCUT2D eigenvalue weighted by Crippen LogP contribution is -2.06. The standard InChI is InChI=1S/C29H23F4N3O4S/c1-15-14-36(16(2)34-15)25-9-8-19(18-6-5-7-21(10-18)41(4,37)38)11-22(25)26-27(39-17(3)35-26)20-12-23(30)28(24(31)13-20)40-29(32)33/h5-14,29H,1-4H3. The summed E-state index contributed by atoms with van der Waals surface area (Å²) in [6.45, 7) is 1.77. The second-order valence-corrected chi connectivity index (χ2v) is 11.4. The highest BCUT2D eigenvalue weighted by atomic mass is 32.2. The molecule has 0 aliphatic heterocycles. The largest absolute Gasteiger partial charge is 0.440 e. The van der Waals surface area contributed by atoms with Gasteiger partial charge in [-0.2, -0.15) is 8.78 Å². The number of hydrogen-bond acceptors (Lipinski definition) is 6. The average molecular weight is 586 g/mol. The fourth-order valence-corrected chi connectivity index (χ4v) is 5.25. The molecule has 2 aromatic heterocycles. The van der Waals surface area contributed by atoms with Crippen LogP contribution in [0.4, 0.5) is 17.6 Å². The minimum absolute atomic E-state index is 0.0123. The van der Waals surface area contributed by atoms with Gasteiger partial charge >= 0.3 is 6.61 Å². The quantitative estimate of drug-likeness (QED) is 0.190. The van der Waals surface area contributed by atoms with Gasteiger partial charge in [0.25, 0.3) is 0 Å². The molecule has 12 heteroatoms. The van der Waals surface area contributed by atoms with E-state index < -0.39 is 33.8 Å². The van der Waals surface area contributed by atoms with Crippen LogP contribution in [0.3, 0.4) is 0 Å². The topological polar surface area (TPSA) is 87.2 Å². The van der Waals surface area contributed by atoms with E-state index in [0.29, 0.717) is 28.2 Å². The Morgan fingerprint density at radius 2 is 1.59 bits per heavy atom. The molecule has 0 fully saturated rings. The van der Waals surface area contributed by atoms with Gasteiger partial charge in [-0.3, -0.25) is 0 Å². The van der Waals surface area contributed by atoms with Crippen molar-refractivity contribution in [3.05, 3.63) is 89.8 Å². The Kier molecular flexibility index (Phi) is 7.20. The number of ether oxygens (including phenoxy) is 1. The van der Waals surface area contributed by atoms with Crippen LogP contribution in [0.25, 0.3) is 39.4 Å². The predicted octanol–water partition coefficient (Wildman–Crippen LogP) is 7.07. The van der Waals surface area contributed by atoms with Crippen molar-refractivity contribution in [2.24, 2.45) is 0 Å². The molecule has 0 amide bonds. The fraction of sp³-hybridized carbons (Fsp3) is 0.172. The molecular weight excluding hydrogens is 562 g/mol. The number of sulfone groups is 1. The van der Waals surface area contributed by atoms with Crippen molar-refractivity contribution in [3.63, 3.8) is 0 Å². The van der Waals surface area contributed by atoms with Gasteiger partial charge in [0, 0.05) is 30.5 Å². The fourth-order valence-electron chi connectivity index (χ4n) is 4.58. The predicted molar refractivity (Wildman–Crippen MR) is 144 cm³/mol. The maximum absolute atomic E-state index is 14.7. The first kappa shape index (κ1) is 28.1. The number of imidazole rings is 1. The van der Waals surface area contributed by atoms with E-state index in [9.17, 15) is 26.0 Å². The first-order valence-corrected chi connectivity index (χ1v) is 14.1. The molecule has 7 nitrogen and oxygen atoms in total. The summed E-state index contributed by atoms with van der Waals surface area (Å²) in [7, 11) is -3.48. The lowest BCUT2D eigenvalue weighted by Gasteiger charge is -2.14. The minimum atomic E-state index is -3.48. The Morgan fingerprint density at radius 3 is 2.20 bits per heavy atom. The number of aryl methyl sites for hydroxylation is 3. The maximum atomic E-state index is 14.7. The number of oxazole rings is 1. The Labute approximate surface area is 233 Å². The summed E-state index contributed by atoms with van der Waals surface area (Å²) in [4.78, 5) is 9.11. The highest BCUT2D eigenvalue weighted by Crippen LogP contribution is 2.40. The van der Waals surface area contributed by atoms with E-state index in [-0.39, 0.29) is 27.8 Å². The highest BCUT2D eigenvalue weighted by Gasteiger charge is 2.24. The molecule has 0 saturated heterocycles. The number of benzene rings is 3. The SMILES string of the molecule is Cc1cn(-c2ccc(-c3cccc(S(C)(=O)=O)c3)cc2-c2nc(C)oc2-c2cc(F)c(OC(F)F)c(F)c2)c(C)n1. The summed E-state index contributed by atoms with van der Waals surface area (Å²) in [5.41, 5.74) is 3.19. The van der Waals surface area contributed by atoms with E-state index in [0.717, 1.165) is 24.1 Å². The Balaban J connectivity index is 1.75. The molecule has 0 bridgehead atoms. The summed E-state index contributed by atoms with van der Waals surface area (Å²) in [5, 5.41) is 0. The molecule has 0 N–H and O–H groups in total. The summed E-state index contributed by atoms with van der Waals surface area (Å²) in [6.07, 6.45) is 2.92. The summed E-state index contributed by atoms with van der Waals surface area (Å²) in [6, 6.07) is 13.4. The van der Waals surface area contributed by atoms with Crippen molar-refractivity contribution in [3.8, 4) is 45.1 Å². The second-order valence-electron chi connectivity index (χ2n) is 9.39. The Hall–Kier alpha value is -4.45. The van der Waals surface area contributed by atoms with Crippen LogP contribution < -0.4 is 4.74 Å². The molecule has 41 heavy (non-hydrogen) atoms. The first-order chi connectivity index (χ1) is 19.3. The molecule has 212 valence electrons. The van der Waals surface area contributed by atoms with Crippen molar-refractivity contribution >= 4 is 9.84 Å². The zero-order valence-corrected chi connectivity index (χ0v) is 23.1. The summed E-state index contributed by atoms with van der Waals surface area (Å²) < 4.78 is 90.7. The van der Waals surface area contributed by atoms with Gasteiger partial charge in [-0.05, 0) is 61.4 Å². The van der Waals surface area contributed by atoms with Crippen LogP contribution in [-0.2, 0) is 9.84 Å². The maximum Gasteiger partial charge on any atom is 0.387 e. The van der Waals surface area contributed by atoms with Crippen LogP contribution in [0.15, 0.2) is 70.1 Å². The molecule has 0 saturated carbocycles. The molecule has 0 unspecified atom stereocenters. The van der Waals surface area contributed by atoms with Crippen LogP contribution >= 0.6 is 0 Å². The van der Waals surface area contributed by atoms with Crippen LogP contribution in [0.5, 0.6) is 5.75 Å². The molecule has 5 rings (SSSR count). The zero-order valence-electron chi connectivity index (χ0n) is 22.2. The molecule has 0 radical (unpaired) electrons.